The lowest BCUT2D eigenvalue weighted by Crippen LogP contribution is -2.17. The number of hydrogen-bond donors (Lipinski definition) is 1. The fourth-order valence-corrected chi connectivity index (χ4v) is 2.93. The van der Waals surface area contributed by atoms with Crippen molar-refractivity contribution >= 4 is 11.3 Å². The average Bonchev–Trinajstić information content (AvgIpc) is 2.71. The predicted octanol–water partition coefficient (Wildman–Crippen LogP) is 3.75. The Hall–Kier alpha value is -1.32. The number of benzene rings is 1. The van der Waals surface area contributed by atoms with Crippen LogP contribution in [0.1, 0.15) is 27.0 Å². The van der Waals surface area contributed by atoms with E-state index in [-0.39, 0.29) is 6.10 Å². The van der Waals surface area contributed by atoms with Crippen LogP contribution in [0.5, 0.6) is 5.75 Å². The molecule has 0 spiro atoms. The van der Waals surface area contributed by atoms with Crippen LogP contribution in [0.4, 0.5) is 0 Å². The summed E-state index contributed by atoms with van der Waals surface area (Å²) in [4.78, 5) is 2.47. The monoisotopic (exact) mass is 261 g/mol. The van der Waals surface area contributed by atoms with Crippen LogP contribution in [0.15, 0.2) is 30.3 Å². The topological polar surface area (TPSA) is 35.2 Å². The summed E-state index contributed by atoms with van der Waals surface area (Å²) in [5.74, 6) is 0.897. The van der Waals surface area contributed by atoms with Gasteiger partial charge < -0.3 is 10.5 Å². The van der Waals surface area contributed by atoms with Crippen LogP contribution in [0.25, 0.3) is 0 Å². The molecular weight excluding hydrogens is 242 g/mol. The Kier molecular flexibility index (Phi) is 4.04. The molecule has 2 N–H and O–H groups in total. The summed E-state index contributed by atoms with van der Waals surface area (Å²) in [7, 11) is 0. The number of nitrogens with two attached hydrogens (primary N) is 1. The molecule has 1 heterocycles. The fraction of sp³-hybridized carbons (Fsp3) is 0.333. The Balaban J connectivity index is 2.20. The highest BCUT2D eigenvalue weighted by molar-refractivity contribution is 7.12. The quantitative estimate of drug-likeness (QED) is 0.909. The van der Waals surface area contributed by atoms with Gasteiger partial charge in [0.05, 0.1) is 0 Å². The summed E-state index contributed by atoms with van der Waals surface area (Å²) >= 11 is 1.74. The molecule has 0 aliphatic rings. The zero-order chi connectivity index (χ0) is 13.1. The maximum atomic E-state index is 6.01. The van der Waals surface area contributed by atoms with E-state index in [1.807, 2.05) is 0 Å². The summed E-state index contributed by atoms with van der Waals surface area (Å²) in [6, 6.07) is 10.4. The van der Waals surface area contributed by atoms with Crippen molar-refractivity contribution in [1.29, 1.82) is 0 Å². The van der Waals surface area contributed by atoms with Gasteiger partial charge in [0.15, 0.2) is 0 Å². The van der Waals surface area contributed by atoms with Crippen LogP contribution in [0, 0.1) is 20.8 Å². The molecule has 1 aromatic carbocycles. The fourth-order valence-electron chi connectivity index (χ4n) is 2.01. The van der Waals surface area contributed by atoms with E-state index in [0.717, 1.165) is 5.75 Å². The number of ether oxygens (including phenoxy) is 1. The molecule has 96 valence electrons. The minimum Gasteiger partial charge on any atom is -0.484 e. The lowest BCUT2D eigenvalue weighted by Gasteiger charge is -2.17. The van der Waals surface area contributed by atoms with Gasteiger partial charge in [0.1, 0.15) is 11.9 Å². The van der Waals surface area contributed by atoms with Crippen LogP contribution < -0.4 is 10.5 Å². The Morgan fingerprint density at radius 2 is 1.78 bits per heavy atom. The first-order chi connectivity index (χ1) is 8.58. The second kappa shape index (κ2) is 5.55. The van der Waals surface area contributed by atoms with Crippen molar-refractivity contribution < 1.29 is 4.74 Å². The molecule has 0 aliphatic heterocycles. The van der Waals surface area contributed by atoms with Gasteiger partial charge >= 0.3 is 0 Å². The zero-order valence-corrected chi connectivity index (χ0v) is 11.9. The van der Waals surface area contributed by atoms with Crippen LogP contribution in [-0.2, 0) is 0 Å². The summed E-state index contributed by atoms with van der Waals surface area (Å²) in [5, 5.41) is 0. The summed E-state index contributed by atoms with van der Waals surface area (Å²) in [6.45, 7) is 6.74. The highest BCUT2D eigenvalue weighted by atomic mass is 32.1. The molecule has 1 aromatic heterocycles. The summed E-state index contributed by atoms with van der Waals surface area (Å²) < 4.78 is 6.01. The van der Waals surface area contributed by atoms with Crippen molar-refractivity contribution in [2.45, 2.75) is 26.9 Å². The highest BCUT2D eigenvalue weighted by Gasteiger charge is 2.13. The number of rotatable bonds is 4. The number of hydrogen-bond acceptors (Lipinski definition) is 3. The molecular formula is C15H19NOS. The van der Waals surface area contributed by atoms with Gasteiger partial charge in [-0.1, -0.05) is 6.07 Å². The van der Waals surface area contributed by atoms with E-state index in [1.54, 1.807) is 11.3 Å². The molecule has 0 fully saturated rings. The first-order valence-electron chi connectivity index (χ1n) is 6.10. The second-order valence-electron chi connectivity index (χ2n) is 4.61. The molecule has 1 atom stereocenters. The normalized spacial score (nSPS) is 12.4. The van der Waals surface area contributed by atoms with Gasteiger partial charge in [-0.05, 0) is 56.2 Å². The highest BCUT2D eigenvalue weighted by Crippen LogP contribution is 2.28. The maximum Gasteiger partial charge on any atom is 0.145 e. The van der Waals surface area contributed by atoms with E-state index in [9.17, 15) is 0 Å². The molecule has 3 heteroatoms. The molecule has 0 saturated heterocycles. The van der Waals surface area contributed by atoms with Gasteiger partial charge in [-0.3, -0.25) is 0 Å². The van der Waals surface area contributed by atoms with E-state index in [4.69, 9.17) is 10.5 Å². The van der Waals surface area contributed by atoms with Gasteiger partial charge in [0.2, 0.25) is 0 Å². The van der Waals surface area contributed by atoms with Crippen molar-refractivity contribution in [1.82, 2.24) is 0 Å². The van der Waals surface area contributed by atoms with Crippen molar-refractivity contribution in [3.05, 3.63) is 51.2 Å². The molecule has 2 aromatic rings. The standard InChI is InChI=1S/C15H19NOS/c1-10-6-11(2)8-13(7-10)17-14(9-16)15-5-4-12(3)18-15/h4-8,14H,9,16H2,1-3H3. The van der Waals surface area contributed by atoms with E-state index >= 15 is 0 Å². The van der Waals surface area contributed by atoms with E-state index in [2.05, 4.69) is 51.1 Å². The molecule has 2 rings (SSSR count). The molecule has 0 aliphatic carbocycles. The van der Waals surface area contributed by atoms with Gasteiger partial charge in [0, 0.05) is 16.3 Å². The van der Waals surface area contributed by atoms with Crippen molar-refractivity contribution in [2.75, 3.05) is 6.54 Å². The summed E-state index contributed by atoms with van der Waals surface area (Å²) in [5.41, 5.74) is 8.24. The van der Waals surface area contributed by atoms with Crippen LogP contribution >= 0.6 is 11.3 Å². The Morgan fingerprint density at radius 3 is 2.28 bits per heavy atom. The van der Waals surface area contributed by atoms with Gasteiger partial charge in [-0.2, -0.15) is 0 Å². The molecule has 2 nitrogen and oxygen atoms in total. The molecule has 18 heavy (non-hydrogen) atoms. The third-order valence-corrected chi connectivity index (χ3v) is 3.86. The van der Waals surface area contributed by atoms with Crippen molar-refractivity contribution in [2.24, 2.45) is 5.73 Å². The van der Waals surface area contributed by atoms with Gasteiger partial charge in [-0.25, -0.2) is 0 Å². The van der Waals surface area contributed by atoms with E-state index < -0.39 is 0 Å². The molecule has 0 saturated carbocycles. The largest absolute Gasteiger partial charge is 0.484 e. The van der Waals surface area contributed by atoms with Crippen molar-refractivity contribution in [3.8, 4) is 5.75 Å². The lowest BCUT2D eigenvalue weighted by molar-refractivity contribution is 0.218. The van der Waals surface area contributed by atoms with Crippen LogP contribution in [0.3, 0.4) is 0 Å². The van der Waals surface area contributed by atoms with Gasteiger partial charge in [0.25, 0.3) is 0 Å². The second-order valence-corrected chi connectivity index (χ2v) is 5.93. The minimum atomic E-state index is -0.0510. The smallest absolute Gasteiger partial charge is 0.145 e. The van der Waals surface area contributed by atoms with Gasteiger partial charge in [-0.15, -0.1) is 11.3 Å². The van der Waals surface area contributed by atoms with Crippen molar-refractivity contribution in [3.63, 3.8) is 0 Å². The minimum absolute atomic E-state index is 0.0510. The average molecular weight is 261 g/mol. The van der Waals surface area contributed by atoms with Crippen LogP contribution in [-0.4, -0.2) is 6.54 Å². The molecule has 0 amide bonds. The third kappa shape index (κ3) is 3.12. The van der Waals surface area contributed by atoms with Crippen LogP contribution in [0.2, 0.25) is 0 Å². The first kappa shape index (κ1) is 13.1. The lowest BCUT2D eigenvalue weighted by atomic mass is 10.1. The maximum absolute atomic E-state index is 6.01. The Labute approximate surface area is 112 Å². The Morgan fingerprint density at radius 1 is 1.11 bits per heavy atom. The zero-order valence-electron chi connectivity index (χ0n) is 11.1. The summed E-state index contributed by atoms with van der Waals surface area (Å²) in [6.07, 6.45) is -0.0510. The third-order valence-electron chi connectivity index (χ3n) is 2.77. The van der Waals surface area contributed by atoms with E-state index in [0.29, 0.717) is 6.54 Å². The first-order valence-corrected chi connectivity index (χ1v) is 6.91. The molecule has 1 unspecified atom stereocenters. The predicted molar refractivity (Wildman–Crippen MR) is 77.4 cm³/mol. The Bertz CT molecular complexity index is 513. The SMILES string of the molecule is Cc1cc(C)cc(OC(CN)c2ccc(C)s2)c1. The number of thiophene rings is 1. The molecule has 0 radical (unpaired) electrons. The molecule has 0 bridgehead atoms. The van der Waals surface area contributed by atoms with E-state index in [1.165, 1.54) is 20.9 Å². The number of aryl methyl sites for hydroxylation is 3.